The fourth-order valence-corrected chi connectivity index (χ4v) is 4.53. The Morgan fingerprint density at radius 2 is 1.61 bits per heavy atom. The summed E-state index contributed by atoms with van der Waals surface area (Å²) in [5.74, 6) is 0.464. The average Bonchev–Trinajstić information content (AvgIpc) is 2.62. The van der Waals surface area contributed by atoms with E-state index in [0.29, 0.717) is 18.1 Å². The standard InChI is InChI=1S/C21H20N2/c1-22-19-12-6-2-8-15(19)14-23-20-13-7-5-10-17(20)16-9-3-4-11-18(16)21(22)23/h2-13,17,20-21H,14H2,1H3. The average molecular weight is 300 g/mol. The predicted molar refractivity (Wildman–Crippen MR) is 94.4 cm³/mol. The molecular formula is C21H20N2. The van der Waals surface area contributed by atoms with Crippen LogP contribution in [0.25, 0.3) is 0 Å². The van der Waals surface area contributed by atoms with Crippen LogP contribution in [0, 0.1) is 0 Å². The molecule has 114 valence electrons. The van der Waals surface area contributed by atoms with Crippen molar-refractivity contribution in [2.75, 3.05) is 11.9 Å². The van der Waals surface area contributed by atoms with Gasteiger partial charge in [0.15, 0.2) is 0 Å². The van der Waals surface area contributed by atoms with Crippen LogP contribution in [0.3, 0.4) is 0 Å². The number of anilines is 1. The molecule has 2 aliphatic heterocycles. The molecule has 23 heavy (non-hydrogen) atoms. The van der Waals surface area contributed by atoms with E-state index in [0.717, 1.165) is 6.54 Å². The molecule has 3 aliphatic rings. The van der Waals surface area contributed by atoms with Gasteiger partial charge in [-0.3, -0.25) is 4.90 Å². The van der Waals surface area contributed by atoms with Crippen molar-refractivity contribution in [3.63, 3.8) is 0 Å². The minimum absolute atomic E-state index is 0.318. The summed E-state index contributed by atoms with van der Waals surface area (Å²) < 4.78 is 0. The number of fused-ring (bicyclic) bond motifs is 7. The van der Waals surface area contributed by atoms with Crippen molar-refractivity contribution in [3.05, 3.63) is 89.5 Å². The molecule has 3 atom stereocenters. The highest BCUT2D eigenvalue weighted by atomic mass is 15.4. The Kier molecular flexibility index (Phi) is 2.77. The lowest BCUT2D eigenvalue weighted by atomic mass is 9.78. The van der Waals surface area contributed by atoms with Crippen LogP contribution in [-0.2, 0) is 6.54 Å². The second kappa shape index (κ2) is 4.84. The third-order valence-corrected chi connectivity index (χ3v) is 5.53. The molecule has 5 rings (SSSR count). The molecule has 0 fully saturated rings. The van der Waals surface area contributed by atoms with Crippen molar-refractivity contribution < 1.29 is 0 Å². The zero-order valence-corrected chi connectivity index (χ0v) is 13.3. The van der Waals surface area contributed by atoms with Gasteiger partial charge in [-0.1, -0.05) is 66.8 Å². The van der Waals surface area contributed by atoms with Crippen molar-refractivity contribution >= 4 is 5.69 Å². The molecule has 3 unspecified atom stereocenters. The monoisotopic (exact) mass is 300 g/mol. The Labute approximate surface area is 137 Å². The Hall–Kier alpha value is -2.32. The largest absolute Gasteiger partial charge is 0.355 e. The molecule has 0 bridgehead atoms. The zero-order valence-electron chi connectivity index (χ0n) is 13.3. The van der Waals surface area contributed by atoms with Gasteiger partial charge in [-0.15, -0.1) is 0 Å². The summed E-state index contributed by atoms with van der Waals surface area (Å²) >= 11 is 0. The van der Waals surface area contributed by atoms with E-state index in [1.165, 1.54) is 22.4 Å². The van der Waals surface area contributed by atoms with Crippen LogP contribution < -0.4 is 4.90 Å². The summed E-state index contributed by atoms with van der Waals surface area (Å²) in [5, 5.41) is 0. The highest BCUT2D eigenvalue weighted by Gasteiger charge is 2.43. The number of hydrogen-bond donors (Lipinski definition) is 0. The topological polar surface area (TPSA) is 6.48 Å². The molecule has 0 radical (unpaired) electrons. The van der Waals surface area contributed by atoms with Crippen LogP contribution in [0.1, 0.15) is 28.8 Å². The number of para-hydroxylation sites is 1. The number of allylic oxidation sites excluding steroid dienone is 2. The Morgan fingerprint density at radius 3 is 2.52 bits per heavy atom. The van der Waals surface area contributed by atoms with Crippen molar-refractivity contribution in [2.24, 2.45) is 0 Å². The first-order valence-electron chi connectivity index (χ1n) is 8.35. The minimum Gasteiger partial charge on any atom is -0.355 e. The van der Waals surface area contributed by atoms with Gasteiger partial charge in [0.2, 0.25) is 0 Å². The molecule has 1 aliphatic carbocycles. The van der Waals surface area contributed by atoms with Crippen LogP contribution in [0.2, 0.25) is 0 Å². The van der Waals surface area contributed by atoms with E-state index in [2.05, 4.69) is 89.7 Å². The molecule has 0 amide bonds. The number of rotatable bonds is 0. The Balaban J connectivity index is 1.73. The normalized spacial score (nSPS) is 27.9. The molecule has 2 aromatic carbocycles. The smallest absolute Gasteiger partial charge is 0.109 e. The third-order valence-electron chi connectivity index (χ3n) is 5.53. The van der Waals surface area contributed by atoms with Crippen LogP contribution in [0.5, 0.6) is 0 Å². The van der Waals surface area contributed by atoms with Crippen LogP contribution in [-0.4, -0.2) is 18.0 Å². The summed E-state index contributed by atoms with van der Waals surface area (Å²) in [6.07, 6.45) is 9.45. The third kappa shape index (κ3) is 1.79. The van der Waals surface area contributed by atoms with Gasteiger partial charge in [0.25, 0.3) is 0 Å². The molecule has 0 aromatic heterocycles. The lowest BCUT2D eigenvalue weighted by Gasteiger charge is -2.53. The van der Waals surface area contributed by atoms with Gasteiger partial charge in [-0.2, -0.15) is 0 Å². The maximum atomic E-state index is 2.65. The minimum atomic E-state index is 0.318. The first kappa shape index (κ1) is 13.1. The van der Waals surface area contributed by atoms with Crippen LogP contribution >= 0.6 is 0 Å². The number of benzene rings is 2. The highest BCUT2D eigenvalue weighted by molar-refractivity contribution is 5.59. The molecule has 0 saturated carbocycles. The molecule has 2 nitrogen and oxygen atoms in total. The molecule has 0 N–H and O–H groups in total. The predicted octanol–water partition coefficient (Wildman–Crippen LogP) is 4.23. The van der Waals surface area contributed by atoms with E-state index in [-0.39, 0.29) is 0 Å². The van der Waals surface area contributed by atoms with Crippen LogP contribution in [0.15, 0.2) is 72.8 Å². The fraction of sp³-hybridized carbons (Fsp3) is 0.238. The lowest BCUT2D eigenvalue weighted by molar-refractivity contribution is 0.114. The van der Waals surface area contributed by atoms with Gasteiger partial charge in [0, 0.05) is 31.2 Å². The first-order valence-corrected chi connectivity index (χ1v) is 8.35. The first-order chi connectivity index (χ1) is 11.3. The molecule has 0 spiro atoms. The van der Waals surface area contributed by atoms with Crippen molar-refractivity contribution in [1.29, 1.82) is 0 Å². The number of nitrogens with zero attached hydrogens (tertiary/aromatic N) is 2. The van der Waals surface area contributed by atoms with Gasteiger partial charge in [0.1, 0.15) is 6.17 Å². The zero-order chi connectivity index (χ0) is 15.4. The lowest BCUT2D eigenvalue weighted by Crippen LogP contribution is -2.53. The Morgan fingerprint density at radius 1 is 0.870 bits per heavy atom. The van der Waals surface area contributed by atoms with E-state index < -0.39 is 0 Å². The molecule has 2 aromatic rings. The van der Waals surface area contributed by atoms with Crippen LogP contribution in [0.4, 0.5) is 5.69 Å². The van der Waals surface area contributed by atoms with E-state index in [9.17, 15) is 0 Å². The van der Waals surface area contributed by atoms with Gasteiger partial charge in [-0.25, -0.2) is 0 Å². The van der Waals surface area contributed by atoms with Gasteiger partial charge >= 0.3 is 0 Å². The summed E-state index contributed by atoms with van der Waals surface area (Å²) in [7, 11) is 2.23. The SMILES string of the molecule is CN1c2ccccc2CN2C3C=CC=CC3c3ccccc3C12. The maximum absolute atomic E-state index is 2.65. The van der Waals surface area contributed by atoms with Gasteiger partial charge in [-0.05, 0) is 22.8 Å². The van der Waals surface area contributed by atoms with Crippen molar-refractivity contribution in [1.82, 2.24) is 4.90 Å². The second-order valence-electron chi connectivity index (χ2n) is 6.70. The molecule has 2 heterocycles. The summed E-state index contributed by atoms with van der Waals surface area (Å²) in [6.45, 7) is 1.01. The molecule has 2 heteroatoms. The van der Waals surface area contributed by atoms with E-state index in [4.69, 9.17) is 0 Å². The Bertz CT molecular complexity index is 820. The molecular weight excluding hydrogens is 280 g/mol. The van der Waals surface area contributed by atoms with Gasteiger partial charge < -0.3 is 4.90 Å². The highest BCUT2D eigenvalue weighted by Crippen LogP contribution is 2.48. The molecule has 0 saturated heterocycles. The van der Waals surface area contributed by atoms with E-state index >= 15 is 0 Å². The second-order valence-corrected chi connectivity index (χ2v) is 6.70. The van der Waals surface area contributed by atoms with Crippen molar-refractivity contribution in [2.45, 2.75) is 24.7 Å². The summed E-state index contributed by atoms with van der Waals surface area (Å²) in [5.41, 5.74) is 5.71. The quantitative estimate of drug-likeness (QED) is 0.718. The van der Waals surface area contributed by atoms with E-state index in [1.54, 1.807) is 0 Å². The van der Waals surface area contributed by atoms with E-state index in [1.807, 2.05) is 0 Å². The van der Waals surface area contributed by atoms with Crippen molar-refractivity contribution in [3.8, 4) is 0 Å². The van der Waals surface area contributed by atoms with Gasteiger partial charge in [0.05, 0.1) is 0 Å². The summed E-state index contributed by atoms with van der Waals surface area (Å²) in [4.78, 5) is 5.09. The summed E-state index contributed by atoms with van der Waals surface area (Å²) in [6, 6.07) is 18.2. The maximum Gasteiger partial charge on any atom is 0.109 e. The fourth-order valence-electron chi connectivity index (χ4n) is 4.53. The number of hydrogen-bond acceptors (Lipinski definition) is 2.